The van der Waals surface area contributed by atoms with Crippen LogP contribution in [0.4, 0.5) is 13.2 Å². The van der Waals surface area contributed by atoms with Crippen molar-refractivity contribution in [2.45, 2.75) is 38.9 Å². The molecule has 0 N–H and O–H groups in total. The zero-order chi connectivity index (χ0) is 16.5. The summed E-state index contributed by atoms with van der Waals surface area (Å²) in [7, 11) is 0. The minimum Gasteiger partial charge on any atom is -0.289 e. The summed E-state index contributed by atoms with van der Waals surface area (Å²) in [5, 5.41) is 0.461. The summed E-state index contributed by atoms with van der Waals surface area (Å²) in [5.74, 6) is 1.00. The van der Waals surface area contributed by atoms with Crippen LogP contribution in [0.15, 0.2) is 18.2 Å². The van der Waals surface area contributed by atoms with Gasteiger partial charge in [0.25, 0.3) is 0 Å². The van der Waals surface area contributed by atoms with Crippen molar-refractivity contribution in [2.75, 3.05) is 13.1 Å². The third kappa shape index (κ3) is 4.30. The average molecular weight is 354 g/mol. The van der Waals surface area contributed by atoms with E-state index in [1.54, 1.807) is 0 Å². The number of piperidine rings is 1. The number of halogens is 5. The lowest BCUT2D eigenvalue weighted by Crippen LogP contribution is -2.43. The second kappa shape index (κ2) is 6.98. The zero-order valence-electron chi connectivity index (χ0n) is 12.6. The molecule has 0 saturated carbocycles. The SMILES string of the molecule is CC(C)C1CCN([C@@H](c2cc(Cl)cc(Cl)c2)C(F)(F)F)CC1. The van der Waals surface area contributed by atoms with Gasteiger partial charge in [-0.1, -0.05) is 37.0 Å². The van der Waals surface area contributed by atoms with Crippen LogP contribution in [0, 0.1) is 11.8 Å². The Labute approximate surface area is 139 Å². The summed E-state index contributed by atoms with van der Waals surface area (Å²) in [4.78, 5) is 1.50. The second-order valence-electron chi connectivity index (χ2n) is 6.26. The Hall–Kier alpha value is -0.450. The minimum absolute atomic E-state index is 0.119. The lowest BCUT2D eigenvalue weighted by atomic mass is 9.86. The molecule has 1 nitrogen and oxygen atoms in total. The highest BCUT2D eigenvalue weighted by molar-refractivity contribution is 6.34. The van der Waals surface area contributed by atoms with Crippen molar-refractivity contribution < 1.29 is 13.2 Å². The van der Waals surface area contributed by atoms with E-state index in [0.717, 1.165) is 12.8 Å². The maximum Gasteiger partial charge on any atom is 0.408 e. The molecule has 1 aliphatic rings. The highest BCUT2D eigenvalue weighted by Gasteiger charge is 2.45. The summed E-state index contributed by atoms with van der Waals surface area (Å²) >= 11 is 11.8. The normalized spacial score (nSPS) is 19.6. The fourth-order valence-corrected chi connectivity index (χ4v) is 3.73. The van der Waals surface area contributed by atoms with Gasteiger partial charge in [-0.3, -0.25) is 4.90 Å². The van der Waals surface area contributed by atoms with Crippen LogP contribution < -0.4 is 0 Å². The van der Waals surface area contributed by atoms with Crippen LogP contribution in [0.2, 0.25) is 10.0 Å². The molecule has 0 spiro atoms. The largest absolute Gasteiger partial charge is 0.408 e. The molecule has 6 heteroatoms. The molecule has 0 unspecified atom stereocenters. The average Bonchev–Trinajstić information content (AvgIpc) is 2.36. The minimum atomic E-state index is -4.35. The topological polar surface area (TPSA) is 3.24 Å². The first kappa shape index (κ1) is 17.9. The lowest BCUT2D eigenvalue weighted by molar-refractivity contribution is -0.190. The fourth-order valence-electron chi connectivity index (χ4n) is 3.18. The Kier molecular flexibility index (Phi) is 5.68. The summed E-state index contributed by atoms with van der Waals surface area (Å²) in [6.07, 6.45) is -2.77. The van der Waals surface area contributed by atoms with E-state index in [-0.39, 0.29) is 15.6 Å². The van der Waals surface area contributed by atoms with Crippen molar-refractivity contribution >= 4 is 23.2 Å². The van der Waals surface area contributed by atoms with Gasteiger partial charge in [0.1, 0.15) is 6.04 Å². The van der Waals surface area contributed by atoms with E-state index in [9.17, 15) is 13.2 Å². The first-order valence-electron chi connectivity index (χ1n) is 7.45. The summed E-state index contributed by atoms with van der Waals surface area (Å²) in [6, 6.07) is 2.53. The van der Waals surface area contributed by atoms with Crippen LogP contribution in [-0.4, -0.2) is 24.2 Å². The van der Waals surface area contributed by atoms with Gasteiger partial charge in [0.05, 0.1) is 0 Å². The summed E-state index contributed by atoms with van der Waals surface area (Å²) in [6.45, 7) is 5.13. The Bertz CT molecular complexity index is 488. The maximum absolute atomic E-state index is 13.6. The van der Waals surface area contributed by atoms with Crippen LogP contribution in [0.5, 0.6) is 0 Å². The van der Waals surface area contributed by atoms with Crippen LogP contribution in [-0.2, 0) is 0 Å². The van der Waals surface area contributed by atoms with Crippen molar-refractivity contribution in [3.05, 3.63) is 33.8 Å². The van der Waals surface area contributed by atoms with Crippen LogP contribution in [0.25, 0.3) is 0 Å². The first-order valence-corrected chi connectivity index (χ1v) is 8.21. The molecular formula is C16H20Cl2F3N. The lowest BCUT2D eigenvalue weighted by Gasteiger charge is -2.39. The number of rotatable bonds is 3. The molecule has 0 aromatic heterocycles. The molecule has 124 valence electrons. The van der Waals surface area contributed by atoms with Crippen molar-refractivity contribution in [3.8, 4) is 0 Å². The molecule has 0 aliphatic carbocycles. The van der Waals surface area contributed by atoms with Gasteiger partial charge in [0, 0.05) is 10.0 Å². The molecule has 1 atom stereocenters. The van der Waals surface area contributed by atoms with Gasteiger partial charge in [0.2, 0.25) is 0 Å². The molecule has 0 bridgehead atoms. The first-order chi connectivity index (χ1) is 10.2. The van der Waals surface area contributed by atoms with Gasteiger partial charge in [0.15, 0.2) is 0 Å². The highest BCUT2D eigenvalue weighted by atomic mass is 35.5. The summed E-state index contributed by atoms with van der Waals surface area (Å²) < 4.78 is 40.7. The van der Waals surface area contributed by atoms with Crippen LogP contribution in [0.1, 0.15) is 38.3 Å². The predicted molar refractivity (Wildman–Crippen MR) is 84.4 cm³/mol. The number of likely N-dealkylation sites (tertiary alicyclic amines) is 1. The molecule has 0 radical (unpaired) electrons. The van der Waals surface area contributed by atoms with Crippen molar-refractivity contribution in [1.29, 1.82) is 0 Å². The Balaban J connectivity index is 2.25. The zero-order valence-corrected chi connectivity index (χ0v) is 14.1. The third-order valence-electron chi connectivity index (χ3n) is 4.39. The number of alkyl halides is 3. The van der Waals surface area contributed by atoms with Crippen LogP contribution in [0.3, 0.4) is 0 Å². The van der Waals surface area contributed by atoms with Crippen molar-refractivity contribution in [2.24, 2.45) is 11.8 Å². The van der Waals surface area contributed by atoms with E-state index in [1.165, 1.54) is 23.1 Å². The number of hydrogen-bond donors (Lipinski definition) is 0. The number of nitrogens with zero attached hydrogens (tertiary/aromatic N) is 1. The van der Waals surface area contributed by atoms with E-state index in [2.05, 4.69) is 13.8 Å². The molecule has 1 aromatic carbocycles. The quantitative estimate of drug-likeness (QED) is 0.647. The molecular weight excluding hydrogens is 334 g/mol. The number of benzene rings is 1. The smallest absolute Gasteiger partial charge is 0.289 e. The van der Waals surface area contributed by atoms with Gasteiger partial charge in [-0.25, -0.2) is 0 Å². The Morgan fingerprint density at radius 2 is 1.55 bits per heavy atom. The van der Waals surface area contributed by atoms with E-state index in [1.807, 2.05) is 0 Å². The van der Waals surface area contributed by atoms with Crippen molar-refractivity contribution in [3.63, 3.8) is 0 Å². The van der Waals surface area contributed by atoms with Crippen molar-refractivity contribution in [1.82, 2.24) is 4.90 Å². The molecule has 1 saturated heterocycles. The fraction of sp³-hybridized carbons (Fsp3) is 0.625. The Morgan fingerprint density at radius 1 is 1.05 bits per heavy atom. The van der Waals surface area contributed by atoms with Gasteiger partial charge in [-0.15, -0.1) is 0 Å². The molecule has 2 rings (SSSR count). The van der Waals surface area contributed by atoms with E-state index < -0.39 is 12.2 Å². The maximum atomic E-state index is 13.6. The standard InChI is InChI=1S/C16H20Cl2F3N/c1-10(2)11-3-5-22(6-4-11)15(16(19,20)21)12-7-13(17)9-14(18)8-12/h7-11,15H,3-6H2,1-2H3/t15-/m0/s1. The molecule has 0 amide bonds. The molecule has 1 aromatic rings. The van der Waals surface area contributed by atoms with Gasteiger partial charge >= 0.3 is 6.18 Å². The van der Waals surface area contributed by atoms with Gasteiger partial charge in [-0.2, -0.15) is 13.2 Å². The monoisotopic (exact) mass is 353 g/mol. The number of hydrogen-bond acceptors (Lipinski definition) is 1. The molecule has 1 aliphatic heterocycles. The summed E-state index contributed by atoms with van der Waals surface area (Å²) in [5.41, 5.74) is 0.119. The van der Waals surface area contributed by atoms with Crippen LogP contribution >= 0.6 is 23.2 Å². The highest BCUT2D eigenvalue weighted by Crippen LogP contribution is 2.41. The molecule has 1 heterocycles. The van der Waals surface area contributed by atoms with E-state index in [4.69, 9.17) is 23.2 Å². The van der Waals surface area contributed by atoms with Gasteiger partial charge < -0.3 is 0 Å². The van der Waals surface area contributed by atoms with E-state index >= 15 is 0 Å². The molecule has 1 fully saturated rings. The second-order valence-corrected chi connectivity index (χ2v) is 7.14. The van der Waals surface area contributed by atoms with Gasteiger partial charge in [-0.05, 0) is 61.5 Å². The Morgan fingerprint density at radius 3 is 1.95 bits per heavy atom. The molecule has 22 heavy (non-hydrogen) atoms. The van der Waals surface area contributed by atoms with E-state index in [0.29, 0.717) is 24.9 Å². The predicted octanol–water partition coefficient (Wildman–Crippen LogP) is 5.96. The third-order valence-corrected chi connectivity index (χ3v) is 4.83.